The second-order valence-electron chi connectivity index (χ2n) is 7.08. The summed E-state index contributed by atoms with van der Waals surface area (Å²) >= 11 is 0. The lowest BCUT2D eigenvalue weighted by Crippen LogP contribution is -2.49. The van der Waals surface area contributed by atoms with Crippen LogP contribution >= 0.6 is 0 Å². The standard InChI is InChI=1S/C19H23F3N2O3/c1-27-15-6-4-13(5-7-15)8-10-24-17(25)11-16(18(24)26)23-9-2-3-14(12-23)19(20,21)22/h4-7,14,16H,2-3,8-12H2,1H3. The molecule has 2 unspecified atom stereocenters. The molecule has 2 amide bonds. The molecule has 27 heavy (non-hydrogen) atoms. The smallest absolute Gasteiger partial charge is 0.393 e. The third-order valence-electron chi connectivity index (χ3n) is 5.36. The summed E-state index contributed by atoms with van der Waals surface area (Å²) in [5.74, 6) is -1.40. The number of rotatable bonds is 5. The zero-order valence-electron chi connectivity index (χ0n) is 15.2. The molecule has 5 nitrogen and oxygen atoms in total. The van der Waals surface area contributed by atoms with Crippen molar-refractivity contribution in [2.45, 2.75) is 37.9 Å². The van der Waals surface area contributed by atoms with Gasteiger partial charge in [0.05, 0.1) is 25.5 Å². The van der Waals surface area contributed by atoms with E-state index in [0.29, 0.717) is 19.4 Å². The first-order valence-electron chi connectivity index (χ1n) is 9.07. The number of carbonyl (C=O) groups excluding carboxylic acids is 2. The molecule has 0 saturated carbocycles. The van der Waals surface area contributed by atoms with Gasteiger partial charge < -0.3 is 4.74 Å². The average molecular weight is 384 g/mol. The van der Waals surface area contributed by atoms with Gasteiger partial charge >= 0.3 is 6.18 Å². The van der Waals surface area contributed by atoms with Crippen LogP contribution in [0, 0.1) is 5.92 Å². The second-order valence-corrected chi connectivity index (χ2v) is 7.08. The SMILES string of the molecule is COc1ccc(CCN2C(=O)CC(N3CCCC(C(F)(F)F)C3)C2=O)cc1. The van der Waals surface area contributed by atoms with Crippen molar-refractivity contribution in [3.05, 3.63) is 29.8 Å². The number of methoxy groups -OCH3 is 1. The lowest BCUT2D eigenvalue weighted by atomic mass is 9.96. The van der Waals surface area contributed by atoms with Crippen molar-refractivity contribution in [3.8, 4) is 5.75 Å². The second kappa shape index (κ2) is 7.88. The summed E-state index contributed by atoms with van der Waals surface area (Å²) in [6.45, 7) is 0.444. The third kappa shape index (κ3) is 4.43. The van der Waals surface area contributed by atoms with Crippen molar-refractivity contribution in [1.82, 2.24) is 9.80 Å². The molecule has 0 spiro atoms. The Hall–Kier alpha value is -2.09. The monoisotopic (exact) mass is 384 g/mol. The molecule has 2 heterocycles. The summed E-state index contributed by atoms with van der Waals surface area (Å²) in [6, 6.07) is 6.56. The number of amides is 2. The number of carbonyl (C=O) groups is 2. The van der Waals surface area contributed by atoms with Gasteiger partial charge in [0.1, 0.15) is 5.75 Å². The van der Waals surface area contributed by atoms with Crippen LogP contribution in [0.5, 0.6) is 5.75 Å². The molecule has 3 rings (SSSR count). The van der Waals surface area contributed by atoms with E-state index in [2.05, 4.69) is 0 Å². The molecule has 2 aliphatic heterocycles. The highest BCUT2D eigenvalue weighted by molar-refractivity contribution is 6.05. The van der Waals surface area contributed by atoms with Crippen molar-refractivity contribution in [2.24, 2.45) is 5.92 Å². The van der Waals surface area contributed by atoms with Gasteiger partial charge in [0.25, 0.3) is 0 Å². The number of imide groups is 1. The maximum absolute atomic E-state index is 13.0. The first-order chi connectivity index (χ1) is 12.8. The van der Waals surface area contributed by atoms with E-state index in [4.69, 9.17) is 4.74 Å². The van der Waals surface area contributed by atoms with Gasteiger partial charge in [-0.25, -0.2) is 0 Å². The number of benzene rings is 1. The van der Waals surface area contributed by atoms with Crippen LogP contribution in [0.15, 0.2) is 24.3 Å². The molecule has 2 aliphatic rings. The van der Waals surface area contributed by atoms with E-state index in [0.717, 1.165) is 11.3 Å². The molecule has 0 aliphatic carbocycles. The highest BCUT2D eigenvalue weighted by Crippen LogP contribution is 2.35. The van der Waals surface area contributed by atoms with E-state index in [-0.39, 0.29) is 37.7 Å². The normalized spacial score (nSPS) is 24.5. The van der Waals surface area contributed by atoms with Crippen LogP contribution < -0.4 is 4.74 Å². The maximum atomic E-state index is 13.0. The number of ether oxygens (including phenoxy) is 1. The van der Waals surface area contributed by atoms with Crippen LogP contribution in [0.1, 0.15) is 24.8 Å². The summed E-state index contributed by atoms with van der Waals surface area (Å²) < 4.78 is 44.1. The molecule has 2 fully saturated rings. The average Bonchev–Trinajstić information content (AvgIpc) is 2.94. The quantitative estimate of drug-likeness (QED) is 0.733. The van der Waals surface area contributed by atoms with E-state index in [9.17, 15) is 22.8 Å². The summed E-state index contributed by atoms with van der Waals surface area (Å²) in [5.41, 5.74) is 0.954. The summed E-state index contributed by atoms with van der Waals surface area (Å²) in [7, 11) is 1.57. The molecule has 2 saturated heterocycles. The van der Waals surface area contributed by atoms with Crippen LogP contribution in [0.25, 0.3) is 0 Å². The highest BCUT2D eigenvalue weighted by Gasteiger charge is 2.47. The molecule has 0 radical (unpaired) electrons. The number of nitrogens with zero attached hydrogens (tertiary/aromatic N) is 2. The molecular formula is C19H23F3N2O3. The molecule has 1 aromatic rings. The lowest BCUT2D eigenvalue weighted by Gasteiger charge is -2.36. The van der Waals surface area contributed by atoms with Crippen molar-refractivity contribution < 1.29 is 27.5 Å². The Bertz CT molecular complexity index is 690. The van der Waals surface area contributed by atoms with Gasteiger partial charge in [-0.3, -0.25) is 19.4 Å². The minimum atomic E-state index is -4.27. The Balaban J connectivity index is 1.60. The van der Waals surface area contributed by atoms with Crippen molar-refractivity contribution >= 4 is 11.8 Å². The molecule has 0 bridgehead atoms. The topological polar surface area (TPSA) is 49.9 Å². The van der Waals surface area contributed by atoms with Crippen molar-refractivity contribution in [3.63, 3.8) is 0 Å². The molecule has 1 aromatic carbocycles. The Morgan fingerprint density at radius 1 is 1.19 bits per heavy atom. The van der Waals surface area contributed by atoms with E-state index in [1.807, 2.05) is 12.1 Å². The van der Waals surface area contributed by atoms with Crippen LogP contribution in [-0.2, 0) is 16.0 Å². The van der Waals surface area contributed by atoms with E-state index < -0.39 is 18.1 Å². The Morgan fingerprint density at radius 3 is 2.52 bits per heavy atom. The van der Waals surface area contributed by atoms with Gasteiger partial charge in [0.15, 0.2) is 0 Å². The van der Waals surface area contributed by atoms with Crippen molar-refractivity contribution in [2.75, 3.05) is 26.7 Å². The lowest BCUT2D eigenvalue weighted by molar-refractivity contribution is -0.189. The van der Waals surface area contributed by atoms with Gasteiger partial charge in [0, 0.05) is 13.1 Å². The van der Waals surface area contributed by atoms with Crippen LogP contribution in [0.3, 0.4) is 0 Å². The largest absolute Gasteiger partial charge is 0.497 e. The van der Waals surface area contributed by atoms with Crippen LogP contribution in [-0.4, -0.2) is 60.6 Å². The molecular weight excluding hydrogens is 361 g/mol. The molecule has 0 aromatic heterocycles. The zero-order valence-corrected chi connectivity index (χ0v) is 15.2. The Kier molecular flexibility index (Phi) is 5.74. The predicted molar refractivity (Wildman–Crippen MR) is 92.2 cm³/mol. The molecule has 2 atom stereocenters. The number of halogens is 3. The third-order valence-corrected chi connectivity index (χ3v) is 5.36. The number of likely N-dealkylation sites (tertiary alicyclic amines) is 2. The van der Waals surface area contributed by atoms with E-state index in [1.54, 1.807) is 19.2 Å². The van der Waals surface area contributed by atoms with Gasteiger partial charge in [-0.05, 0) is 43.5 Å². The maximum Gasteiger partial charge on any atom is 0.393 e. The van der Waals surface area contributed by atoms with Gasteiger partial charge in [-0.1, -0.05) is 12.1 Å². The van der Waals surface area contributed by atoms with Gasteiger partial charge in [0.2, 0.25) is 11.8 Å². The Morgan fingerprint density at radius 2 is 1.89 bits per heavy atom. The minimum absolute atomic E-state index is 0.0357. The predicted octanol–water partition coefficient (Wildman–Crippen LogP) is 2.64. The highest BCUT2D eigenvalue weighted by atomic mass is 19.4. The molecule has 148 valence electrons. The first-order valence-corrected chi connectivity index (χ1v) is 9.07. The Labute approximate surface area is 156 Å². The zero-order chi connectivity index (χ0) is 19.6. The molecule has 0 N–H and O–H groups in total. The fourth-order valence-corrected chi connectivity index (χ4v) is 3.78. The van der Waals surface area contributed by atoms with Gasteiger partial charge in [-0.15, -0.1) is 0 Å². The summed E-state index contributed by atoms with van der Waals surface area (Å²) in [4.78, 5) is 27.7. The number of alkyl halides is 3. The number of piperidine rings is 1. The summed E-state index contributed by atoms with van der Waals surface area (Å²) in [6.07, 6.45) is -3.34. The van der Waals surface area contributed by atoms with Crippen molar-refractivity contribution in [1.29, 1.82) is 0 Å². The first kappa shape index (κ1) is 19.7. The fraction of sp³-hybridized carbons (Fsp3) is 0.579. The number of hydrogen-bond donors (Lipinski definition) is 0. The van der Waals surface area contributed by atoms with Crippen LogP contribution in [0.4, 0.5) is 13.2 Å². The van der Waals surface area contributed by atoms with E-state index in [1.165, 1.54) is 9.80 Å². The summed E-state index contributed by atoms with van der Waals surface area (Å²) in [5, 5.41) is 0. The fourth-order valence-electron chi connectivity index (χ4n) is 3.78. The minimum Gasteiger partial charge on any atom is -0.497 e. The number of hydrogen-bond acceptors (Lipinski definition) is 4. The molecule has 8 heteroatoms. The van der Waals surface area contributed by atoms with Crippen LogP contribution in [0.2, 0.25) is 0 Å². The van der Waals surface area contributed by atoms with E-state index >= 15 is 0 Å². The van der Waals surface area contributed by atoms with Gasteiger partial charge in [-0.2, -0.15) is 13.2 Å².